The summed E-state index contributed by atoms with van der Waals surface area (Å²) >= 11 is 0. The van der Waals surface area contributed by atoms with E-state index in [1.54, 1.807) is 0 Å². The molecule has 0 saturated carbocycles. The molecule has 0 aromatic rings. The summed E-state index contributed by atoms with van der Waals surface area (Å²) in [4.78, 5) is 10.6. The van der Waals surface area contributed by atoms with Gasteiger partial charge in [-0.3, -0.25) is 0 Å². The minimum Gasteiger partial charge on any atom is -0.477 e. The van der Waals surface area contributed by atoms with Crippen molar-refractivity contribution in [1.82, 2.24) is 0 Å². The second-order valence-electron chi connectivity index (χ2n) is 2.95. The highest BCUT2D eigenvalue weighted by Crippen LogP contribution is 2.01. The molecule has 0 aliphatic rings. The molecule has 0 rings (SSSR count). The fourth-order valence-corrected chi connectivity index (χ4v) is 0.927. The molecule has 4 nitrogen and oxygen atoms in total. The molecule has 4 heteroatoms. The van der Waals surface area contributed by atoms with Crippen LogP contribution in [-0.4, -0.2) is 30.6 Å². The van der Waals surface area contributed by atoms with Crippen LogP contribution in [0.4, 0.5) is 0 Å². The lowest BCUT2D eigenvalue weighted by molar-refractivity contribution is -0.186. The molecule has 1 atom stereocenters. The Hall–Kier alpha value is -1.13. The van der Waals surface area contributed by atoms with Gasteiger partial charge >= 0.3 is 5.97 Å². The van der Waals surface area contributed by atoms with Gasteiger partial charge in [-0.2, -0.15) is 0 Å². The van der Waals surface area contributed by atoms with Crippen LogP contribution in [0.5, 0.6) is 0 Å². The third-order valence-electron chi connectivity index (χ3n) is 1.64. The number of unbranched alkanes of at least 4 members (excludes halogenated alkanes) is 2. The van der Waals surface area contributed by atoms with E-state index in [4.69, 9.17) is 14.6 Å². The highest BCUT2D eigenvalue weighted by Gasteiger charge is 2.17. The number of carbonyl (C=O) groups is 1. The molecule has 0 spiro atoms. The first-order valence-corrected chi connectivity index (χ1v) is 4.90. The maximum Gasteiger partial charge on any atom is 0.361 e. The zero-order valence-electron chi connectivity index (χ0n) is 8.85. The molecule has 0 heterocycles. The van der Waals surface area contributed by atoms with E-state index >= 15 is 0 Å². The van der Waals surface area contributed by atoms with Gasteiger partial charge in [0.1, 0.15) is 0 Å². The van der Waals surface area contributed by atoms with Crippen molar-refractivity contribution in [2.75, 3.05) is 13.2 Å². The van der Waals surface area contributed by atoms with Crippen molar-refractivity contribution in [3.05, 3.63) is 25.3 Å². The summed E-state index contributed by atoms with van der Waals surface area (Å²) in [5.41, 5.74) is 0. The SMILES string of the molecule is C=CCCCCOC(OCC=C)C(=O)O. The van der Waals surface area contributed by atoms with Crippen LogP contribution in [0.1, 0.15) is 19.3 Å². The van der Waals surface area contributed by atoms with E-state index in [1.165, 1.54) is 6.08 Å². The number of ether oxygens (including phenoxy) is 2. The maximum absolute atomic E-state index is 10.6. The van der Waals surface area contributed by atoms with Gasteiger partial charge in [-0.15, -0.1) is 13.2 Å². The molecule has 1 unspecified atom stereocenters. The van der Waals surface area contributed by atoms with E-state index in [1.807, 2.05) is 6.08 Å². The van der Waals surface area contributed by atoms with Gasteiger partial charge < -0.3 is 14.6 Å². The Balaban J connectivity index is 3.61. The minimum atomic E-state index is -1.19. The number of aliphatic carboxylic acids is 1. The number of hydrogen-bond acceptors (Lipinski definition) is 3. The van der Waals surface area contributed by atoms with Gasteiger partial charge in [0.25, 0.3) is 6.29 Å². The topological polar surface area (TPSA) is 55.8 Å². The average Bonchev–Trinajstić information content (AvgIpc) is 2.21. The summed E-state index contributed by atoms with van der Waals surface area (Å²) < 4.78 is 9.95. The van der Waals surface area contributed by atoms with Crippen molar-refractivity contribution < 1.29 is 19.4 Å². The molecule has 0 aliphatic heterocycles. The molecule has 0 aromatic carbocycles. The van der Waals surface area contributed by atoms with Crippen molar-refractivity contribution in [1.29, 1.82) is 0 Å². The van der Waals surface area contributed by atoms with E-state index in [0.29, 0.717) is 6.61 Å². The van der Waals surface area contributed by atoms with E-state index in [2.05, 4.69) is 13.2 Å². The normalized spacial score (nSPS) is 12.0. The molecule has 0 bridgehead atoms. The quantitative estimate of drug-likeness (QED) is 0.343. The van der Waals surface area contributed by atoms with E-state index in [9.17, 15) is 4.79 Å². The smallest absolute Gasteiger partial charge is 0.361 e. The van der Waals surface area contributed by atoms with Gasteiger partial charge in [-0.1, -0.05) is 12.2 Å². The molecule has 0 fully saturated rings. The molecule has 0 saturated heterocycles. The predicted octanol–water partition coefficient (Wildman–Crippen LogP) is 1.97. The molecule has 86 valence electrons. The zero-order chi connectivity index (χ0) is 11.5. The van der Waals surface area contributed by atoms with Crippen LogP contribution in [-0.2, 0) is 14.3 Å². The van der Waals surface area contributed by atoms with E-state index in [-0.39, 0.29) is 6.61 Å². The summed E-state index contributed by atoms with van der Waals surface area (Å²) in [6, 6.07) is 0. The fraction of sp³-hybridized carbons (Fsp3) is 0.545. The van der Waals surface area contributed by atoms with Crippen LogP contribution in [0.25, 0.3) is 0 Å². The zero-order valence-corrected chi connectivity index (χ0v) is 8.85. The summed E-state index contributed by atoms with van der Waals surface area (Å²) in [5.74, 6) is -1.11. The molecule has 15 heavy (non-hydrogen) atoms. The highest BCUT2D eigenvalue weighted by molar-refractivity contribution is 5.70. The Morgan fingerprint density at radius 1 is 1.27 bits per heavy atom. The first kappa shape index (κ1) is 13.9. The monoisotopic (exact) mass is 214 g/mol. The third-order valence-corrected chi connectivity index (χ3v) is 1.64. The van der Waals surface area contributed by atoms with Gasteiger partial charge in [-0.05, 0) is 19.3 Å². The maximum atomic E-state index is 10.6. The first-order valence-electron chi connectivity index (χ1n) is 4.90. The molecule has 0 aromatic heterocycles. The fourth-order valence-electron chi connectivity index (χ4n) is 0.927. The molecule has 0 amide bonds. The van der Waals surface area contributed by atoms with Crippen LogP contribution in [0.2, 0.25) is 0 Å². The summed E-state index contributed by atoms with van der Waals surface area (Å²) in [6.45, 7) is 7.57. The van der Waals surface area contributed by atoms with Crippen molar-refractivity contribution in [3.8, 4) is 0 Å². The summed E-state index contributed by atoms with van der Waals surface area (Å²) in [7, 11) is 0. The van der Waals surface area contributed by atoms with Gasteiger partial charge in [-0.25, -0.2) is 4.79 Å². The summed E-state index contributed by atoms with van der Waals surface area (Å²) in [6.07, 6.45) is 4.77. The predicted molar refractivity (Wildman–Crippen MR) is 57.6 cm³/mol. The standard InChI is InChI=1S/C11H18O4/c1-3-5-6-7-9-15-11(10(12)13)14-8-4-2/h3-4,11H,1-2,5-9H2,(H,12,13). The van der Waals surface area contributed by atoms with Crippen LogP contribution < -0.4 is 0 Å². The van der Waals surface area contributed by atoms with Crippen LogP contribution >= 0.6 is 0 Å². The first-order chi connectivity index (χ1) is 7.22. The molecule has 0 aliphatic carbocycles. The Morgan fingerprint density at radius 2 is 2.00 bits per heavy atom. The number of hydrogen-bond donors (Lipinski definition) is 1. The van der Waals surface area contributed by atoms with Crippen molar-refractivity contribution in [3.63, 3.8) is 0 Å². The largest absolute Gasteiger partial charge is 0.477 e. The molecule has 1 N–H and O–H groups in total. The number of carboxylic acid groups (broad SMARTS) is 1. The minimum absolute atomic E-state index is 0.170. The van der Waals surface area contributed by atoms with Gasteiger partial charge in [0.2, 0.25) is 0 Å². The van der Waals surface area contributed by atoms with Gasteiger partial charge in [0, 0.05) is 0 Å². The number of allylic oxidation sites excluding steroid dienone is 1. The highest BCUT2D eigenvalue weighted by atomic mass is 16.7. The average molecular weight is 214 g/mol. The van der Waals surface area contributed by atoms with Gasteiger partial charge in [0.05, 0.1) is 13.2 Å². The number of rotatable bonds is 10. The van der Waals surface area contributed by atoms with Gasteiger partial charge in [0.15, 0.2) is 0 Å². The van der Waals surface area contributed by atoms with Crippen LogP contribution in [0.15, 0.2) is 25.3 Å². The Morgan fingerprint density at radius 3 is 2.53 bits per heavy atom. The van der Waals surface area contributed by atoms with Crippen LogP contribution in [0.3, 0.4) is 0 Å². The van der Waals surface area contributed by atoms with Crippen LogP contribution in [0, 0.1) is 0 Å². The lowest BCUT2D eigenvalue weighted by Crippen LogP contribution is -2.27. The lowest BCUT2D eigenvalue weighted by Gasteiger charge is -2.12. The van der Waals surface area contributed by atoms with Crippen molar-refractivity contribution >= 4 is 5.97 Å². The summed E-state index contributed by atoms with van der Waals surface area (Å²) in [5, 5.41) is 8.70. The Bertz CT molecular complexity index is 201. The van der Waals surface area contributed by atoms with E-state index < -0.39 is 12.3 Å². The Labute approximate surface area is 90.2 Å². The second-order valence-corrected chi connectivity index (χ2v) is 2.95. The Kier molecular flexibility index (Phi) is 8.72. The molecular formula is C11H18O4. The second kappa shape index (κ2) is 9.43. The van der Waals surface area contributed by atoms with Crippen molar-refractivity contribution in [2.24, 2.45) is 0 Å². The van der Waals surface area contributed by atoms with Crippen molar-refractivity contribution in [2.45, 2.75) is 25.6 Å². The number of carboxylic acids is 1. The van der Waals surface area contributed by atoms with E-state index in [0.717, 1.165) is 19.3 Å². The third kappa shape index (κ3) is 7.90. The lowest BCUT2D eigenvalue weighted by atomic mass is 10.2. The molecule has 0 radical (unpaired) electrons. The molecular weight excluding hydrogens is 196 g/mol.